The summed E-state index contributed by atoms with van der Waals surface area (Å²) >= 11 is 4.68. The van der Waals surface area contributed by atoms with E-state index in [9.17, 15) is 37.8 Å². The Morgan fingerprint density at radius 3 is 1.49 bits per heavy atom. The number of hydrogen-bond donors (Lipinski definition) is 7. The van der Waals surface area contributed by atoms with Crippen LogP contribution in [-0.2, 0) is 6.42 Å². The van der Waals surface area contributed by atoms with Gasteiger partial charge in [-0.15, -0.1) is 58.4 Å². The largest absolute Gasteiger partial charge is 0.399 e. The van der Waals surface area contributed by atoms with Crippen molar-refractivity contribution >= 4 is 135 Å². The van der Waals surface area contributed by atoms with Crippen molar-refractivity contribution in [3.05, 3.63) is 196 Å². The molecule has 0 saturated carbocycles. The maximum atomic E-state index is 14.6. The highest BCUT2D eigenvalue weighted by Crippen LogP contribution is 2.39. The fourth-order valence-corrected chi connectivity index (χ4v) is 14.6. The van der Waals surface area contributed by atoms with Crippen LogP contribution in [0.25, 0.3) is 49.2 Å². The molecule has 0 aliphatic carbocycles. The molecule has 4 aliphatic rings. The Labute approximate surface area is 566 Å². The molecule has 14 rings (SSSR count). The molecule has 3 saturated heterocycles. The number of piperidine rings is 3. The quantitative estimate of drug-likeness (QED) is 0.0130. The summed E-state index contributed by atoms with van der Waals surface area (Å²) in [5, 5.41) is 45.7. The van der Waals surface area contributed by atoms with Crippen LogP contribution in [0, 0.1) is 31.0 Å². The standard InChI is InChI=1S/C20H22FN3S.C14H16FN3O2.C14H14FN3O2.C14H18FN3.C6H7NS2.HI/c1-24-7-6-14(17(21)12-24)16-11-23-19-5-4-13(9-15(16)19)10-18(22)20-3-2-8-25-20;2*1-17-5-4-10(13(15)8-17)12-7-16-14-3-2-9(18(19)20)6-11(12)14;1-18-5-4-10(13(15)8-18)12-7-17-14-3-2-9(16)6-11(12)14;1-8-6(7)5-3-2-4-9-5;/h2-5,8-9,11,14,17,22-23H,6-7,10,12H2,1H3;2-3,6-7,10,13,16H,4-5,8H2,1H3;2-4,6-7,13,16H,5,8H2,1H3;2-3,6-7,10,13,17H,4-5,8,16H2,1H3;2-4,7H,1H3;1H. The zero-order chi connectivity index (χ0) is 65.3. The summed E-state index contributed by atoms with van der Waals surface area (Å²) in [5.41, 5.74) is 16.3. The van der Waals surface area contributed by atoms with Crippen LogP contribution in [0.5, 0.6) is 0 Å². The summed E-state index contributed by atoms with van der Waals surface area (Å²) in [4.78, 5) is 43.5. The molecule has 10 heterocycles. The number of non-ortho nitro benzene ring substituents is 2. The van der Waals surface area contributed by atoms with Gasteiger partial charge in [0, 0.05) is 166 Å². The molecule has 10 aromatic rings. The molecular formula is C68H78F4IN13O4S3. The van der Waals surface area contributed by atoms with Gasteiger partial charge in [0.15, 0.2) is 0 Å². The number of aromatic amines is 4. The number of benzene rings is 4. The van der Waals surface area contributed by atoms with E-state index in [4.69, 9.17) is 16.6 Å². The van der Waals surface area contributed by atoms with Crippen molar-refractivity contribution in [1.29, 1.82) is 10.8 Å². The first-order valence-corrected chi connectivity index (χ1v) is 33.5. The number of H-pyrrole nitrogens is 4. The molecule has 17 nitrogen and oxygen atoms in total. The van der Waals surface area contributed by atoms with Crippen LogP contribution in [0.1, 0.15) is 74.6 Å². The van der Waals surface area contributed by atoms with Gasteiger partial charge in [-0.1, -0.05) is 24.3 Å². The number of rotatable bonds is 10. The minimum Gasteiger partial charge on any atom is -0.399 e. The van der Waals surface area contributed by atoms with Crippen LogP contribution >= 0.6 is 58.4 Å². The molecule has 4 aromatic carbocycles. The number of nitro benzene ring substituents is 2. The molecule has 4 aliphatic heterocycles. The lowest BCUT2D eigenvalue weighted by atomic mass is 9.87. The van der Waals surface area contributed by atoms with Crippen LogP contribution in [0.4, 0.5) is 34.6 Å². The van der Waals surface area contributed by atoms with Gasteiger partial charge in [0.05, 0.1) is 20.4 Å². The Morgan fingerprint density at radius 1 is 0.591 bits per heavy atom. The fraction of sp³-hybridized carbons (Fsp3) is 0.353. The molecule has 0 amide bonds. The van der Waals surface area contributed by atoms with Gasteiger partial charge < -0.3 is 45.8 Å². The number of fused-ring (bicyclic) bond motifs is 4. The number of nitrogens with zero attached hydrogens (tertiary/aromatic N) is 6. The van der Waals surface area contributed by atoms with E-state index < -0.39 is 34.5 Å². The molecule has 25 heteroatoms. The average molecular weight is 1440 g/mol. The second kappa shape index (κ2) is 31.8. The zero-order valence-electron chi connectivity index (χ0n) is 52.3. The molecule has 492 valence electrons. The van der Waals surface area contributed by atoms with Gasteiger partial charge in [-0.3, -0.25) is 30.5 Å². The highest BCUT2D eigenvalue weighted by atomic mass is 127. The molecule has 0 bridgehead atoms. The molecule has 7 unspecified atom stereocenters. The lowest BCUT2D eigenvalue weighted by Gasteiger charge is -2.32. The molecule has 0 radical (unpaired) electrons. The Hall–Kier alpha value is -7.24. The Bertz CT molecular complexity index is 4210. The Kier molecular flexibility index (Phi) is 24.0. The number of likely N-dealkylation sites (N-methyl/N-ethyl adjacent to an activating group) is 1. The summed E-state index contributed by atoms with van der Waals surface area (Å²) in [6, 6.07) is 29.2. The highest BCUT2D eigenvalue weighted by Gasteiger charge is 2.34. The lowest BCUT2D eigenvalue weighted by Crippen LogP contribution is -2.38. The normalized spacial score (nSPS) is 21.2. The molecule has 7 atom stereocenters. The van der Waals surface area contributed by atoms with Crippen LogP contribution in [0.15, 0.2) is 139 Å². The minimum atomic E-state index is -1.08. The van der Waals surface area contributed by atoms with Gasteiger partial charge in [-0.05, 0) is 167 Å². The SMILES string of the molecule is CN1CC=C(c2c[nH]c3ccc([N+](=O)[O-])cc23)C(F)C1.CN1CCC(c2c[nH]c3ccc(CC(=N)c4cccs4)cc23)C(F)C1.CN1CCC(c2c[nH]c3ccc(N)cc23)C(F)C1.CN1CCC(c2c[nH]c3ccc([N+](=O)[O-])cc23)C(F)C1.CSC(=N)c1cccs1.I. The van der Waals surface area contributed by atoms with E-state index in [1.807, 2.05) is 121 Å². The fourth-order valence-electron chi connectivity index (χ4n) is 12.7. The third kappa shape index (κ3) is 17.0. The van der Waals surface area contributed by atoms with Crippen LogP contribution in [-0.4, -0.2) is 172 Å². The van der Waals surface area contributed by atoms with Gasteiger partial charge in [-0.2, -0.15) is 0 Å². The van der Waals surface area contributed by atoms with E-state index in [-0.39, 0.29) is 53.1 Å². The van der Waals surface area contributed by atoms with E-state index in [1.165, 1.54) is 36.0 Å². The smallest absolute Gasteiger partial charge is 0.270 e. The van der Waals surface area contributed by atoms with Crippen LogP contribution in [0.2, 0.25) is 0 Å². The van der Waals surface area contributed by atoms with Crippen molar-refractivity contribution in [3.8, 4) is 0 Å². The van der Waals surface area contributed by atoms with Gasteiger partial charge in [-0.25, -0.2) is 17.6 Å². The summed E-state index contributed by atoms with van der Waals surface area (Å²) in [6.07, 6.45) is 10.6. The number of hydrogen-bond acceptors (Lipinski definition) is 14. The van der Waals surface area contributed by atoms with E-state index in [2.05, 4.69) is 43.0 Å². The van der Waals surface area contributed by atoms with E-state index in [0.29, 0.717) is 66.4 Å². The molecule has 0 spiro atoms. The predicted molar refractivity (Wildman–Crippen MR) is 385 cm³/mol. The number of anilines is 1. The van der Waals surface area contributed by atoms with Crippen LogP contribution in [0.3, 0.4) is 0 Å². The lowest BCUT2D eigenvalue weighted by molar-refractivity contribution is -0.384. The van der Waals surface area contributed by atoms with E-state index >= 15 is 0 Å². The van der Waals surface area contributed by atoms with Crippen molar-refractivity contribution in [3.63, 3.8) is 0 Å². The number of nitrogens with one attached hydrogen (secondary N) is 6. The summed E-state index contributed by atoms with van der Waals surface area (Å²) < 4.78 is 57.3. The van der Waals surface area contributed by atoms with E-state index in [0.717, 1.165) is 115 Å². The molecule has 3 fully saturated rings. The second-order valence-electron chi connectivity index (χ2n) is 24.1. The second-order valence-corrected chi connectivity index (χ2v) is 26.8. The molecular weight excluding hydrogens is 1360 g/mol. The number of aromatic nitrogens is 4. The van der Waals surface area contributed by atoms with Gasteiger partial charge in [0.2, 0.25) is 0 Å². The number of thiophene rings is 2. The zero-order valence-corrected chi connectivity index (χ0v) is 57.1. The maximum absolute atomic E-state index is 14.6. The molecule has 93 heavy (non-hydrogen) atoms. The predicted octanol–water partition coefficient (Wildman–Crippen LogP) is 15.7. The summed E-state index contributed by atoms with van der Waals surface area (Å²) in [7, 11) is 7.71. The van der Waals surface area contributed by atoms with Crippen molar-refractivity contribution < 1.29 is 27.4 Å². The maximum Gasteiger partial charge on any atom is 0.270 e. The average Bonchev–Trinajstić information content (AvgIpc) is 1.73. The first kappa shape index (κ1) is 70.1. The van der Waals surface area contributed by atoms with Crippen molar-refractivity contribution in [2.24, 2.45) is 0 Å². The topological polar surface area (TPSA) is 236 Å². The molecule has 8 N–H and O–H groups in total. The van der Waals surface area contributed by atoms with Gasteiger partial charge in [0.1, 0.15) is 29.7 Å². The van der Waals surface area contributed by atoms with Gasteiger partial charge in [0.25, 0.3) is 11.4 Å². The third-order valence-corrected chi connectivity index (χ3v) is 20.2. The van der Waals surface area contributed by atoms with Crippen molar-refractivity contribution in [1.82, 2.24) is 39.5 Å². The van der Waals surface area contributed by atoms with Crippen molar-refractivity contribution in [2.75, 3.05) is 92.5 Å². The van der Waals surface area contributed by atoms with Crippen LogP contribution < -0.4 is 5.73 Å². The summed E-state index contributed by atoms with van der Waals surface area (Å²) in [6.45, 7) is 5.16. The Balaban J connectivity index is 0.000000140. The van der Waals surface area contributed by atoms with Gasteiger partial charge >= 0.3 is 0 Å². The summed E-state index contributed by atoms with van der Waals surface area (Å²) in [5.74, 6) is -0.254. The number of nitrogen functional groups attached to an aromatic ring is 1. The first-order chi connectivity index (χ1) is 44.2. The number of likely N-dealkylation sites (tertiary alicyclic amines) is 3. The van der Waals surface area contributed by atoms with E-state index in [1.54, 1.807) is 47.2 Å². The number of halogens is 5. The number of nitrogens with two attached hydrogens (primary N) is 1. The minimum absolute atomic E-state index is 0. The number of alkyl halides is 4. The van der Waals surface area contributed by atoms with Crippen molar-refractivity contribution in [2.45, 2.75) is 68.1 Å². The monoisotopic (exact) mass is 1440 g/mol. The molecule has 6 aromatic heterocycles. The third-order valence-electron chi connectivity index (χ3n) is 17.6. The first-order valence-electron chi connectivity index (χ1n) is 30.5. The highest BCUT2D eigenvalue weighted by molar-refractivity contribution is 14.0. The number of nitro groups is 2. The number of thioether (sulfide) groups is 1. The Morgan fingerprint density at radius 2 is 1.03 bits per heavy atom.